The van der Waals surface area contributed by atoms with Gasteiger partial charge in [-0.3, -0.25) is 14.7 Å². The molecule has 1 aromatic carbocycles. The molecule has 0 radical (unpaired) electrons. The third kappa shape index (κ3) is 3.40. The second-order valence-corrected chi connectivity index (χ2v) is 8.17. The van der Waals surface area contributed by atoms with E-state index in [9.17, 15) is 4.79 Å². The first-order chi connectivity index (χ1) is 14.2. The molecule has 2 aromatic heterocycles. The van der Waals surface area contributed by atoms with Crippen molar-refractivity contribution >= 4 is 16.8 Å². The molecule has 150 valence electrons. The lowest BCUT2D eigenvalue weighted by Gasteiger charge is -2.23. The Labute approximate surface area is 170 Å². The first-order valence-corrected chi connectivity index (χ1v) is 10.5. The fraction of sp³-hybridized carbons (Fsp3) is 0.455. The maximum Gasteiger partial charge on any atom is 0.274 e. The highest BCUT2D eigenvalue weighted by atomic mass is 16.2. The number of fused-ring (bicyclic) bond motifs is 1. The van der Waals surface area contributed by atoms with Gasteiger partial charge in [0.2, 0.25) is 0 Å². The van der Waals surface area contributed by atoms with Crippen molar-refractivity contribution in [3.63, 3.8) is 0 Å². The minimum Gasteiger partial charge on any atom is -0.347 e. The van der Waals surface area contributed by atoms with Crippen LogP contribution in [0.3, 0.4) is 0 Å². The zero-order valence-corrected chi connectivity index (χ0v) is 16.7. The van der Waals surface area contributed by atoms with Crippen LogP contribution in [0, 0.1) is 6.92 Å². The summed E-state index contributed by atoms with van der Waals surface area (Å²) in [6, 6.07) is 10.7. The molecular weight excluding hydrogens is 364 g/mol. The van der Waals surface area contributed by atoms with E-state index in [1.54, 1.807) is 10.9 Å². The van der Waals surface area contributed by atoms with E-state index in [1.165, 1.54) is 25.7 Å². The fourth-order valence-electron chi connectivity index (χ4n) is 4.80. The Balaban J connectivity index is 1.33. The molecule has 3 heterocycles. The van der Waals surface area contributed by atoms with Crippen molar-refractivity contribution < 1.29 is 4.79 Å². The maximum absolute atomic E-state index is 12.9. The van der Waals surface area contributed by atoms with Crippen molar-refractivity contribution in [2.75, 3.05) is 13.1 Å². The molecule has 2 fully saturated rings. The molecule has 1 N–H and O–H groups in total. The predicted molar refractivity (Wildman–Crippen MR) is 111 cm³/mol. The van der Waals surface area contributed by atoms with Crippen LogP contribution < -0.4 is 5.32 Å². The van der Waals surface area contributed by atoms with Crippen molar-refractivity contribution in [3.8, 4) is 5.69 Å². The number of amides is 1. The molecule has 1 atom stereocenters. The summed E-state index contributed by atoms with van der Waals surface area (Å²) < 4.78 is 1.73. The average molecular weight is 390 g/mol. The first-order valence-electron chi connectivity index (χ1n) is 10.5. The number of hydrogen-bond donors (Lipinski definition) is 1. The number of benzene rings is 1. The van der Waals surface area contributed by atoms with E-state index in [1.807, 2.05) is 37.3 Å². The van der Waals surface area contributed by atoms with Gasteiger partial charge >= 0.3 is 0 Å². The number of pyridine rings is 1. The molecule has 7 heteroatoms. The van der Waals surface area contributed by atoms with Gasteiger partial charge in [0, 0.05) is 36.8 Å². The number of nitrogens with one attached hydrogen (secondary N) is 1. The second kappa shape index (κ2) is 7.55. The number of hydrogen-bond acceptors (Lipinski definition) is 5. The summed E-state index contributed by atoms with van der Waals surface area (Å²) in [7, 11) is 0. The summed E-state index contributed by atoms with van der Waals surface area (Å²) in [4.78, 5) is 19.8. The van der Waals surface area contributed by atoms with E-state index in [4.69, 9.17) is 0 Å². The van der Waals surface area contributed by atoms with Crippen molar-refractivity contribution in [1.82, 2.24) is 30.2 Å². The Morgan fingerprint density at radius 3 is 2.86 bits per heavy atom. The number of carbonyl (C=O) groups is 1. The number of carbonyl (C=O) groups excluding carboxylic acids is 1. The molecule has 7 nitrogen and oxygen atoms in total. The molecule has 3 aromatic rings. The largest absolute Gasteiger partial charge is 0.347 e. The second-order valence-electron chi connectivity index (χ2n) is 8.17. The van der Waals surface area contributed by atoms with Crippen LogP contribution in [-0.4, -0.2) is 56.0 Å². The van der Waals surface area contributed by atoms with Crippen LogP contribution in [-0.2, 0) is 0 Å². The molecule has 1 amide bonds. The summed E-state index contributed by atoms with van der Waals surface area (Å²) in [6.07, 6.45) is 8.05. The van der Waals surface area contributed by atoms with Gasteiger partial charge < -0.3 is 5.32 Å². The first kappa shape index (κ1) is 18.2. The highest BCUT2D eigenvalue weighted by molar-refractivity contribution is 5.94. The molecule has 5 rings (SSSR count). The van der Waals surface area contributed by atoms with E-state index < -0.39 is 0 Å². The zero-order valence-electron chi connectivity index (χ0n) is 16.7. The molecule has 1 unspecified atom stereocenters. The standard InChI is InChI=1S/C22H26N6O/c1-15-21(22(29)24-16-11-13-27(14-16)17-6-2-3-7-17)25-26-28(15)20-10-4-9-19-18(20)8-5-12-23-19/h4-5,8-10,12,16-17H,2-3,6-7,11,13-14H2,1H3,(H,24,29). The van der Waals surface area contributed by atoms with E-state index in [0.717, 1.165) is 41.8 Å². The molecule has 1 saturated heterocycles. The summed E-state index contributed by atoms with van der Waals surface area (Å²) in [5.41, 5.74) is 2.91. The fourth-order valence-corrected chi connectivity index (χ4v) is 4.80. The normalized spacial score (nSPS) is 20.5. The monoisotopic (exact) mass is 390 g/mol. The van der Waals surface area contributed by atoms with Gasteiger partial charge in [-0.15, -0.1) is 5.10 Å². The molecule has 1 aliphatic heterocycles. The van der Waals surface area contributed by atoms with E-state index >= 15 is 0 Å². The van der Waals surface area contributed by atoms with Crippen molar-refractivity contribution in [2.45, 2.75) is 51.1 Å². The van der Waals surface area contributed by atoms with Gasteiger partial charge in [-0.25, -0.2) is 4.68 Å². The van der Waals surface area contributed by atoms with Crippen molar-refractivity contribution in [3.05, 3.63) is 47.9 Å². The topological polar surface area (TPSA) is 75.9 Å². The lowest BCUT2D eigenvalue weighted by Crippen LogP contribution is -2.39. The van der Waals surface area contributed by atoms with Crippen molar-refractivity contribution in [1.29, 1.82) is 0 Å². The van der Waals surface area contributed by atoms with Crippen LogP contribution in [0.5, 0.6) is 0 Å². The summed E-state index contributed by atoms with van der Waals surface area (Å²) in [6.45, 7) is 3.91. The number of likely N-dealkylation sites (tertiary alicyclic amines) is 1. The molecular formula is C22H26N6O. The Kier molecular flexibility index (Phi) is 4.75. The van der Waals surface area contributed by atoms with Gasteiger partial charge in [0.15, 0.2) is 5.69 Å². The predicted octanol–water partition coefficient (Wildman–Crippen LogP) is 2.87. The molecule has 0 bridgehead atoms. The smallest absolute Gasteiger partial charge is 0.274 e. The maximum atomic E-state index is 12.9. The Morgan fingerprint density at radius 2 is 2.00 bits per heavy atom. The van der Waals surface area contributed by atoms with Crippen LogP contribution in [0.1, 0.15) is 48.3 Å². The van der Waals surface area contributed by atoms with E-state index in [0.29, 0.717) is 11.7 Å². The van der Waals surface area contributed by atoms with Gasteiger partial charge in [0.1, 0.15) is 0 Å². The van der Waals surface area contributed by atoms with Crippen LogP contribution in [0.4, 0.5) is 0 Å². The van der Waals surface area contributed by atoms with E-state index in [2.05, 4.69) is 25.5 Å². The molecule has 0 spiro atoms. The third-order valence-electron chi connectivity index (χ3n) is 6.36. The van der Waals surface area contributed by atoms with Gasteiger partial charge in [0.05, 0.1) is 16.9 Å². The highest BCUT2D eigenvalue weighted by Gasteiger charge is 2.31. The molecule has 1 aliphatic carbocycles. The number of rotatable bonds is 4. The minimum atomic E-state index is -0.134. The van der Waals surface area contributed by atoms with Crippen LogP contribution >= 0.6 is 0 Å². The zero-order chi connectivity index (χ0) is 19.8. The van der Waals surface area contributed by atoms with Gasteiger partial charge in [-0.2, -0.15) is 0 Å². The minimum absolute atomic E-state index is 0.134. The average Bonchev–Trinajstić information content (AvgIpc) is 3.48. The quantitative estimate of drug-likeness (QED) is 0.741. The van der Waals surface area contributed by atoms with Crippen molar-refractivity contribution in [2.24, 2.45) is 0 Å². The summed E-state index contributed by atoms with van der Waals surface area (Å²) in [5.74, 6) is -0.134. The summed E-state index contributed by atoms with van der Waals surface area (Å²) >= 11 is 0. The SMILES string of the molecule is Cc1c(C(=O)NC2CCN(C3CCCC3)C2)nnn1-c1cccc2ncccc12. The lowest BCUT2D eigenvalue weighted by atomic mass is 10.1. The number of nitrogens with zero attached hydrogens (tertiary/aromatic N) is 5. The van der Waals surface area contributed by atoms with Gasteiger partial charge in [0.25, 0.3) is 5.91 Å². The van der Waals surface area contributed by atoms with E-state index in [-0.39, 0.29) is 11.9 Å². The number of aromatic nitrogens is 4. The van der Waals surface area contributed by atoms with Crippen LogP contribution in [0.25, 0.3) is 16.6 Å². The Morgan fingerprint density at radius 1 is 1.14 bits per heavy atom. The Bertz CT molecular complexity index is 1030. The summed E-state index contributed by atoms with van der Waals surface area (Å²) in [5, 5.41) is 12.6. The van der Waals surface area contributed by atoms with Crippen LogP contribution in [0.2, 0.25) is 0 Å². The third-order valence-corrected chi connectivity index (χ3v) is 6.36. The van der Waals surface area contributed by atoms with Crippen LogP contribution in [0.15, 0.2) is 36.5 Å². The molecule has 1 saturated carbocycles. The lowest BCUT2D eigenvalue weighted by molar-refractivity contribution is 0.0930. The Hall–Kier alpha value is -2.80. The van der Waals surface area contributed by atoms with Gasteiger partial charge in [-0.1, -0.05) is 24.1 Å². The highest BCUT2D eigenvalue weighted by Crippen LogP contribution is 2.27. The molecule has 29 heavy (non-hydrogen) atoms. The molecule has 2 aliphatic rings. The van der Waals surface area contributed by atoms with Gasteiger partial charge in [-0.05, 0) is 50.5 Å².